The van der Waals surface area contributed by atoms with Gasteiger partial charge in [0.1, 0.15) is 0 Å². The Morgan fingerprint density at radius 3 is 2.15 bits per heavy atom. The quantitative estimate of drug-likeness (QED) is 0.242. The maximum Gasteiger partial charge on any atom is 0.309 e. The fourth-order valence-corrected chi connectivity index (χ4v) is 2.32. The average Bonchev–Trinajstić information content (AvgIpc) is 2.43. The minimum atomic E-state index is -0.0669. The summed E-state index contributed by atoms with van der Waals surface area (Å²) >= 11 is 0. The van der Waals surface area contributed by atoms with Gasteiger partial charge in [0.25, 0.3) is 0 Å². The summed E-state index contributed by atoms with van der Waals surface area (Å²) in [4.78, 5) is 11.6. The molecule has 0 bridgehead atoms. The molecule has 0 aromatic rings. The monoisotopic (exact) mass is 282 g/mol. The molecule has 2 nitrogen and oxygen atoms in total. The van der Waals surface area contributed by atoms with Crippen LogP contribution in [0.5, 0.6) is 0 Å². The molecule has 0 aliphatic rings. The number of rotatable bonds is 13. The van der Waals surface area contributed by atoms with Crippen molar-refractivity contribution in [1.29, 1.82) is 0 Å². The molecule has 0 radical (unpaired) electrons. The van der Waals surface area contributed by atoms with Crippen molar-refractivity contribution in [2.24, 2.45) is 0 Å². The molecule has 0 aliphatic carbocycles. The fraction of sp³-hybridized carbons (Fsp3) is 0.833. The van der Waals surface area contributed by atoms with Crippen molar-refractivity contribution < 1.29 is 9.53 Å². The Morgan fingerprint density at radius 2 is 1.55 bits per heavy atom. The first-order valence-corrected chi connectivity index (χ1v) is 8.58. The fourth-order valence-electron chi connectivity index (χ4n) is 2.32. The molecule has 0 N–H and O–H groups in total. The van der Waals surface area contributed by atoms with Crippen LogP contribution in [0.25, 0.3) is 0 Å². The van der Waals surface area contributed by atoms with Crippen molar-refractivity contribution in [2.75, 3.05) is 6.61 Å². The van der Waals surface area contributed by atoms with Gasteiger partial charge in [-0.15, -0.1) is 0 Å². The van der Waals surface area contributed by atoms with E-state index < -0.39 is 0 Å². The molecule has 0 saturated carbocycles. The predicted octanol–water partition coefficient (Wildman–Crippen LogP) is 5.81. The number of carbonyl (C=O) groups excluding carboxylic acids is 1. The molecule has 0 aromatic heterocycles. The van der Waals surface area contributed by atoms with Crippen LogP contribution in [0.3, 0.4) is 0 Å². The van der Waals surface area contributed by atoms with Gasteiger partial charge in [-0.25, -0.2) is 0 Å². The summed E-state index contributed by atoms with van der Waals surface area (Å²) in [5.74, 6) is -0.0669. The Labute approximate surface area is 126 Å². The molecule has 0 aliphatic heterocycles. The van der Waals surface area contributed by atoms with Gasteiger partial charge in [0, 0.05) is 0 Å². The van der Waals surface area contributed by atoms with Gasteiger partial charge in [-0.05, 0) is 32.6 Å². The van der Waals surface area contributed by atoms with Crippen molar-refractivity contribution in [3.05, 3.63) is 11.6 Å². The van der Waals surface area contributed by atoms with E-state index in [1.807, 2.05) is 6.92 Å². The second-order valence-corrected chi connectivity index (χ2v) is 5.50. The summed E-state index contributed by atoms with van der Waals surface area (Å²) in [5.41, 5.74) is 1.29. The van der Waals surface area contributed by atoms with Gasteiger partial charge in [-0.1, -0.05) is 64.0 Å². The zero-order valence-corrected chi connectivity index (χ0v) is 13.9. The second kappa shape index (κ2) is 14.6. The van der Waals surface area contributed by atoms with Crippen LogP contribution in [-0.2, 0) is 9.53 Å². The summed E-state index contributed by atoms with van der Waals surface area (Å²) in [6.45, 7) is 6.81. The third-order valence-corrected chi connectivity index (χ3v) is 3.52. The second-order valence-electron chi connectivity index (χ2n) is 5.50. The minimum absolute atomic E-state index is 0.0669. The Hall–Kier alpha value is -0.790. The van der Waals surface area contributed by atoms with E-state index in [-0.39, 0.29) is 5.97 Å². The molecular formula is C18H34O2. The van der Waals surface area contributed by atoms with Gasteiger partial charge < -0.3 is 4.74 Å². The van der Waals surface area contributed by atoms with Crippen LogP contribution in [-0.4, -0.2) is 12.6 Å². The first-order chi connectivity index (χ1) is 9.74. The lowest BCUT2D eigenvalue weighted by Gasteiger charge is -2.08. The summed E-state index contributed by atoms with van der Waals surface area (Å²) in [5, 5.41) is 0. The summed E-state index contributed by atoms with van der Waals surface area (Å²) < 4.78 is 5.06. The predicted molar refractivity (Wildman–Crippen MR) is 86.9 cm³/mol. The van der Waals surface area contributed by atoms with Crippen molar-refractivity contribution in [3.63, 3.8) is 0 Å². The average molecular weight is 282 g/mol. The van der Waals surface area contributed by atoms with E-state index in [1.165, 1.54) is 56.9 Å². The number of ether oxygens (including phenoxy) is 1. The molecule has 20 heavy (non-hydrogen) atoms. The number of allylic oxidation sites excluding steroid dienone is 1. The van der Waals surface area contributed by atoms with E-state index in [1.54, 1.807) is 0 Å². The van der Waals surface area contributed by atoms with E-state index >= 15 is 0 Å². The van der Waals surface area contributed by atoms with Crippen LogP contribution < -0.4 is 0 Å². The van der Waals surface area contributed by atoms with Crippen LogP contribution in [0.1, 0.15) is 91.4 Å². The minimum Gasteiger partial charge on any atom is -0.466 e. The molecule has 0 spiro atoms. The molecule has 0 amide bonds. The molecule has 0 atom stereocenters. The molecule has 0 saturated heterocycles. The van der Waals surface area contributed by atoms with E-state index in [0.29, 0.717) is 13.0 Å². The van der Waals surface area contributed by atoms with Crippen molar-refractivity contribution in [2.45, 2.75) is 91.4 Å². The first-order valence-electron chi connectivity index (χ1n) is 8.58. The third-order valence-electron chi connectivity index (χ3n) is 3.52. The van der Waals surface area contributed by atoms with Crippen LogP contribution in [0.15, 0.2) is 11.6 Å². The van der Waals surface area contributed by atoms with Gasteiger partial charge in [-0.3, -0.25) is 4.79 Å². The lowest BCUT2D eigenvalue weighted by Crippen LogP contribution is -2.05. The number of carbonyl (C=O) groups is 1. The highest BCUT2D eigenvalue weighted by Crippen LogP contribution is 2.16. The summed E-state index contributed by atoms with van der Waals surface area (Å²) in [7, 11) is 0. The normalized spacial score (nSPS) is 11.7. The molecule has 0 rings (SSSR count). The summed E-state index contributed by atoms with van der Waals surface area (Å²) in [6.07, 6.45) is 15.1. The SMILES string of the molecule is CCCCCC/C=C(\CCCCCC)CC(=O)OCC. The van der Waals surface area contributed by atoms with E-state index in [9.17, 15) is 4.79 Å². The highest BCUT2D eigenvalue weighted by molar-refractivity contribution is 5.72. The molecule has 118 valence electrons. The smallest absolute Gasteiger partial charge is 0.309 e. The van der Waals surface area contributed by atoms with Crippen LogP contribution in [0.2, 0.25) is 0 Å². The standard InChI is InChI=1S/C18H34O2/c1-4-7-9-11-13-15-17(14-12-10-8-5-2)16-18(19)20-6-3/h15H,4-14,16H2,1-3H3/b17-15+. The highest BCUT2D eigenvalue weighted by Gasteiger charge is 2.06. The topological polar surface area (TPSA) is 26.3 Å². The molecule has 0 unspecified atom stereocenters. The molecule has 0 heterocycles. The Morgan fingerprint density at radius 1 is 0.900 bits per heavy atom. The Bertz CT molecular complexity index is 256. The zero-order chi connectivity index (χ0) is 15.1. The van der Waals surface area contributed by atoms with Gasteiger partial charge in [0.05, 0.1) is 13.0 Å². The van der Waals surface area contributed by atoms with Gasteiger partial charge in [0.15, 0.2) is 0 Å². The number of unbranched alkanes of at least 4 members (excludes halogenated alkanes) is 7. The van der Waals surface area contributed by atoms with E-state index in [2.05, 4.69) is 19.9 Å². The van der Waals surface area contributed by atoms with E-state index in [0.717, 1.165) is 12.8 Å². The van der Waals surface area contributed by atoms with Crippen molar-refractivity contribution in [1.82, 2.24) is 0 Å². The van der Waals surface area contributed by atoms with Gasteiger partial charge in [0.2, 0.25) is 0 Å². The van der Waals surface area contributed by atoms with Crippen molar-refractivity contribution in [3.8, 4) is 0 Å². The number of hydrogen-bond acceptors (Lipinski definition) is 2. The first kappa shape index (κ1) is 19.2. The largest absolute Gasteiger partial charge is 0.466 e. The highest BCUT2D eigenvalue weighted by atomic mass is 16.5. The molecular weight excluding hydrogens is 248 g/mol. The van der Waals surface area contributed by atoms with Gasteiger partial charge >= 0.3 is 5.97 Å². The van der Waals surface area contributed by atoms with Gasteiger partial charge in [-0.2, -0.15) is 0 Å². The molecule has 0 aromatic carbocycles. The molecule has 2 heteroatoms. The lowest BCUT2D eigenvalue weighted by atomic mass is 10.0. The number of hydrogen-bond donors (Lipinski definition) is 0. The van der Waals surface area contributed by atoms with Crippen LogP contribution in [0.4, 0.5) is 0 Å². The number of esters is 1. The summed E-state index contributed by atoms with van der Waals surface area (Å²) in [6, 6.07) is 0. The molecule has 0 fully saturated rings. The van der Waals surface area contributed by atoms with E-state index in [4.69, 9.17) is 4.74 Å². The third kappa shape index (κ3) is 12.3. The Kier molecular flexibility index (Phi) is 14.0. The maximum absolute atomic E-state index is 11.6. The Balaban J connectivity index is 4.08. The van der Waals surface area contributed by atoms with Crippen molar-refractivity contribution >= 4 is 5.97 Å². The van der Waals surface area contributed by atoms with Crippen LogP contribution >= 0.6 is 0 Å². The van der Waals surface area contributed by atoms with Crippen LogP contribution in [0, 0.1) is 0 Å². The zero-order valence-electron chi connectivity index (χ0n) is 13.9. The maximum atomic E-state index is 11.6. The lowest BCUT2D eigenvalue weighted by molar-refractivity contribution is -0.142.